The quantitative estimate of drug-likeness (QED) is 0.733. The van der Waals surface area contributed by atoms with E-state index < -0.39 is 0 Å². The predicted molar refractivity (Wildman–Crippen MR) is 102 cm³/mol. The van der Waals surface area contributed by atoms with Gasteiger partial charge < -0.3 is 0 Å². The molecule has 4 fully saturated rings. The molecule has 0 aromatic heterocycles. The summed E-state index contributed by atoms with van der Waals surface area (Å²) >= 11 is 0. The van der Waals surface area contributed by atoms with E-state index in [1.807, 2.05) is 0 Å². The van der Waals surface area contributed by atoms with Crippen molar-refractivity contribution in [3.05, 3.63) is 0 Å². The van der Waals surface area contributed by atoms with Gasteiger partial charge in [-0.25, -0.2) is 0 Å². The average molecular weight is 333 g/mol. The number of hydrogen-bond acceptors (Lipinski definition) is 2. The molecule has 2 saturated carbocycles. The van der Waals surface area contributed by atoms with Gasteiger partial charge in [-0.3, -0.25) is 9.80 Å². The highest BCUT2D eigenvalue weighted by molar-refractivity contribution is 4.99. The zero-order chi connectivity index (χ0) is 16.8. The number of hydrogen-bond donors (Lipinski definition) is 0. The molecule has 0 spiro atoms. The summed E-state index contributed by atoms with van der Waals surface area (Å²) in [4.78, 5) is 5.72. The van der Waals surface area contributed by atoms with Crippen LogP contribution < -0.4 is 0 Å². The molecule has 0 amide bonds. The molecule has 6 unspecified atom stereocenters. The van der Waals surface area contributed by atoms with Crippen LogP contribution in [0.5, 0.6) is 0 Å². The van der Waals surface area contributed by atoms with Crippen LogP contribution in [0.15, 0.2) is 0 Å². The Labute approximate surface area is 150 Å². The molecule has 138 valence electrons. The summed E-state index contributed by atoms with van der Waals surface area (Å²) in [5, 5.41) is 0. The Bertz CT molecular complexity index is 432. The van der Waals surface area contributed by atoms with Crippen molar-refractivity contribution in [1.29, 1.82) is 0 Å². The number of nitrogens with zero attached hydrogens (tertiary/aromatic N) is 2. The van der Waals surface area contributed by atoms with Gasteiger partial charge in [0.25, 0.3) is 0 Å². The zero-order valence-electron chi connectivity index (χ0n) is 16.6. The third kappa shape index (κ3) is 3.07. The summed E-state index contributed by atoms with van der Waals surface area (Å²) in [6, 6.07) is 3.35. The van der Waals surface area contributed by atoms with Gasteiger partial charge in [-0.2, -0.15) is 0 Å². The van der Waals surface area contributed by atoms with Crippen molar-refractivity contribution in [3.8, 4) is 0 Å². The highest BCUT2D eigenvalue weighted by Crippen LogP contribution is 2.48. The second-order valence-electron chi connectivity index (χ2n) is 10.1. The van der Waals surface area contributed by atoms with E-state index in [1.54, 1.807) is 12.8 Å². The summed E-state index contributed by atoms with van der Waals surface area (Å²) in [7, 11) is 0. The van der Waals surface area contributed by atoms with Gasteiger partial charge in [-0.15, -0.1) is 0 Å². The zero-order valence-corrected chi connectivity index (χ0v) is 16.6. The van der Waals surface area contributed by atoms with E-state index in [9.17, 15) is 0 Å². The predicted octanol–water partition coefficient (Wildman–Crippen LogP) is 4.78. The third-order valence-electron chi connectivity index (χ3n) is 8.26. The lowest BCUT2D eigenvalue weighted by Crippen LogP contribution is -2.52. The lowest BCUT2D eigenvalue weighted by Gasteiger charge is -2.48. The molecule has 0 bridgehead atoms. The number of rotatable bonds is 3. The number of fused-ring (bicyclic) bond motifs is 2. The lowest BCUT2D eigenvalue weighted by atomic mass is 9.68. The van der Waals surface area contributed by atoms with Crippen molar-refractivity contribution in [2.75, 3.05) is 13.1 Å². The Morgan fingerprint density at radius 3 is 2.04 bits per heavy atom. The Hall–Kier alpha value is -0.0800. The second-order valence-corrected chi connectivity index (χ2v) is 10.1. The average Bonchev–Trinajstić information content (AvgIpc) is 3.19. The number of piperidine rings is 1. The summed E-state index contributed by atoms with van der Waals surface area (Å²) in [5.41, 5.74) is 0. The molecular formula is C22H40N2. The van der Waals surface area contributed by atoms with E-state index in [1.165, 1.54) is 51.6 Å². The van der Waals surface area contributed by atoms with Gasteiger partial charge in [-0.1, -0.05) is 6.42 Å². The van der Waals surface area contributed by atoms with Crippen molar-refractivity contribution in [2.45, 2.75) is 103 Å². The van der Waals surface area contributed by atoms with Crippen LogP contribution in [-0.4, -0.2) is 47.1 Å². The largest absolute Gasteiger partial charge is 0.298 e. The lowest BCUT2D eigenvalue weighted by molar-refractivity contribution is 0.00644. The summed E-state index contributed by atoms with van der Waals surface area (Å²) in [6.07, 6.45) is 12.1. The van der Waals surface area contributed by atoms with Gasteiger partial charge in [0.05, 0.1) is 0 Å². The first-order chi connectivity index (χ1) is 11.5. The fourth-order valence-corrected chi connectivity index (χ4v) is 7.11. The molecule has 0 N–H and O–H groups in total. The minimum Gasteiger partial charge on any atom is -0.298 e. The van der Waals surface area contributed by atoms with Crippen molar-refractivity contribution in [1.82, 2.24) is 9.80 Å². The second kappa shape index (κ2) is 6.91. The van der Waals surface area contributed by atoms with Crippen molar-refractivity contribution in [3.63, 3.8) is 0 Å². The Kier molecular flexibility index (Phi) is 4.99. The van der Waals surface area contributed by atoms with Crippen LogP contribution in [0.3, 0.4) is 0 Å². The topological polar surface area (TPSA) is 6.48 Å². The van der Waals surface area contributed by atoms with Crippen LogP contribution in [0, 0.1) is 23.7 Å². The molecule has 2 aliphatic heterocycles. The van der Waals surface area contributed by atoms with Crippen molar-refractivity contribution in [2.24, 2.45) is 23.7 Å². The molecule has 2 nitrogen and oxygen atoms in total. The first kappa shape index (κ1) is 17.3. The van der Waals surface area contributed by atoms with E-state index >= 15 is 0 Å². The molecule has 2 heteroatoms. The Morgan fingerprint density at radius 1 is 0.625 bits per heavy atom. The van der Waals surface area contributed by atoms with E-state index in [-0.39, 0.29) is 0 Å². The minimum absolute atomic E-state index is 0.748. The standard InChI is InChI=1S/C22H40N2/c1-15(2)23-11-10-19-12-17(8-9-22(19)23)20-13-18-6-5-7-21(18)24(14-20)16(3)4/h15-22H,5-14H2,1-4H3. The normalized spacial score (nSPS) is 44.2. The summed E-state index contributed by atoms with van der Waals surface area (Å²) in [6.45, 7) is 12.5. The third-order valence-corrected chi connectivity index (χ3v) is 8.26. The SMILES string of the molecule is CC(C)N1CCC2CC(C3CC4CCCC4N(C(C)C)C3)CCC21. The maximum atomic E-state index is 2.91. The van der Waals surface area contributed by atoms with Gasteiger partial charge >= 0.3 is 0 Å². The molecular weight excluding hydrogens is 292 g/mol. The van der Waals surface area contributed by atoms with E-state index in [2.05, 4.69) is 37.5 Å². The van der Waals surface area contributed by atoms with Crippen LogP contribution in [0.1, 0.15) is 79.1 Å². The summed E-state index contributed by atoms with van der Waals surface area (Å²) < 4.78 is 0. The van der Waals surface area contributed by atoms with Gasteiger partial charge in [0.2, 0.25) is 0 Å². The molecule has 0 radical (unpaired) electrons. The summed E-state index contributed by atoms with van der Waals surface area (Å²) in [5.74, 6) is 4.07. The van der Waals surface area contributed by atoms with Crippen LogP contribution in [-0.2, 0) is 0 Å². The Morgan fingerprint density at radius 2 is 1.29 bits per heavy atom. The molecule has 2 saturated heterocycles. The molecule has 2 aliphatic carbocycles. The minimum atomic E-state index is 0.748. The Balaban J connectivity index is 1.42. The fourth-order valence-electron chi connectivity index (χ4n) is 7.11. The molecule has 24 heavy (non-hydrogen) atoms. The first-order valence-corrected chi connectivity index (χ1v) is 11.1. The van der Waals surface area contributed by atoms with Crippen LogP contribution in [0.25, 0.3) is 0 Å². The van der Waals surface area contributed by atoms with Gasteiger partial charge in [-0.05, 0) is 103 Å². The van der Waals surface area contributed by atoms with Gasteiger partial charge in [0, 0.05) is 30.7 Å². The smallest absolute Gasteiger partial charge is 0.0127 e. The van der Waals surface area contributed by atoms with E-state index in [4.69, 9.17) is 0 Å². The molecule has 2 heterocycles. The highest BCUT2D eigenvalue weighted by atomic mass is 15.2. The molecule has 0 aromatic carbocycles. The monoisotopic (exact) mass is 332 g/mol. The fraction of sp³-hybridized carbons (Fsp3) is 1.00. The highest BCUT2D eigenvalue weighted by Gasteiger charge is 2.45. The molecule has 0 aromatic rings. The van der Waals surface area contributed by atoms with Gasteiger partial charge in [0.1, 0.15) is 0 Å². The number of likely N-dealkylation sites (tertiary alicyclic amines) is 2. The van der Waals surface area contributed by atoms with Crippen LogP contribution in [0.2, 0.25) is 0 Å². The molecule has 4 rings (SSSR count). The van der Waals surface area contributed by atoms with Crippen LogP contribution >= 0.6 is 0 Å². The van der Waals surface area contributed by atoms with Crippen molar-refractivity contribution < 1.29 is 0 Å². The first-order valence-electron chi connectivity index (χ1n) is 11.1. The maximum Gasteiger partial charge on any atom is 0.0127 e. The maximum absolute atomic E-state index is 2.91. The van der Waals surface area contributed by atoms with E-state index in [0.717, 1.165) is 47.8 Å². The molecule has 6 atom stereocenters. The van der Waals surface area contributed by atoms with Crippen LogP contribution in [0.4, 0.5) is 0 Å². The van der Waals surface area contributed by atoms with E-state index in [0.29, 0.717) is 0 Å². The van der Waals surface area contributed by atoms with Gasteiger partial charge in [0.15, 0.2) is 0 Å². The van der Waals surface area contributed by atoms with Crippen molar-refractivity contribution >= 4 is 0 Å². The molecule has 4 aliphatic rings.